The van der Waals surface area contributed by atoms with Crippen LogP contribution in [0.1, 0.15) is 63.1 Å². The van der Waals surface area contributed by atoms with Gasteiger partial charge in [0.25, 0.3) is 0 Å². The van der Waals surface area contributed by atoms with Crippen molar-refractivity contribution < 1.29 is 96.0 Å². The van der Waals surface area contributed by atoms with E-state index in [4.69, 9.17) is 29.9 Å². The van der Waals surface area contributed by atoms with Gasteiger partial charge in [0, 0.05) is 45.1 Å². The number of para-hydroxylation sites is 1. The van der Waals surface area contributed by atoms with E-state index in [1.807, 2.05) is 152 Å². The second-order valence-corrected chi connectivity index (χ2v) is 23.8. The van der Waals surface area contributed by atoms with Crippen molar-refractivity contribution in [2.24, 2.45) is 0 Å². The Bertz CT molecular complexity index is 5200. The number of aryl methyl sites for hydroxylation is 7. The first-order chi connectivity index (χ1) is 49.5. The minimum Gasteiger partial charge on any atom is -0.508 e. The summed E-state index contributed by atoms with van der Waals surface area (Å²) in [6, 6.07) is 65.2. The number of hydrogen-bond donors (Lipinski definition) is 16. The minimum atomic E-state index is -0.653. The van der Waals surface area contributed by atoms with Gasteiger partial charge in [-0.1, -0.05) is 158 Å². The lowest BCUT2D eigenvalue weighted by molar-refractivity contribution is 0.0733. The zero-order valence-electron chi connectivity index (χ0n) is 58.2. The number of aromatic hydroxyl groups is 16. The van der Waals surface area contributed by atoms with Crippen LogP contribution in [0, 0.1) is 34.6 Å². The van der Waals surface area contributed by atoms with Crippen molar-refractivity contribution in [2.45, 2.75) is 61.3 Å². The summed E-state index contributed by atoms with van der Waals surface area (Å²) in [5.41, 5.74) is 6.57. The molecule has 0 aliphatic heterocycles. The summed E-state index contributed by atoms with van der Waals surface area (Å²) in [4.78, 5) is 11.9. The number of carbonyl (C=O) groups is 1. The predicted octanol–water partition coefficient (Wildman–Crippen LogP) is 18.4. The molecule has 0 saturated carbocycles. The fourth-order valence-electron chi connectivity index (χ4n) is 10.5. The van der Waals surface area contributed by atoms with Crippen LogP contribution in [0.4, 0.5) is 0 Å². The number of methoxy groups -OCH3 is 1. The molecule has 19 heteroatoms. The minimum absolute atomic E-state index is 0.0000108. The average Bonchev–Trinajstić information content (AvgIpc) is 0.825. The van der Waals surface area contributed by atoms with Gasteiger partial charge in [0.05, 0.1) is 12.7 Å². The van der Waals surface area contributed by atoms with Crippen LogP contribution in [-0.2, 0) is 12.8 Å². The highest BCUT2D eigenvalue weighted by atomic mass is 16.5. The quantitative estimate of drug-likeness (QED) is 0.0432. The van der Waals surface area contributed by atoms with Crippen molar-refractivity contribution in [3.05, 3.63) is 275 Å². The highest BCUT2D eigenvalue weighted by molar-refractivity contribution is 5.96. The maximum absolute atomic E-state index is 11.9. The normalized spacial score (nSPS) is 10.3. The first-order valence-electron chi connectivity index (χ1n) is 32.5. The molecule has 0 aromatic heterocycles. The van der Waals surface area contributed by atoms with E-state index >= 15 is 0 Å². The molecule has 0 heterocycles. The Kier molecular flexibility index (Phi) is 26.9. The van der Waals surface area contributed by atoms with Gasteiger partial charge in [-0.15, -0.1) is 0 Å². The second-order valence-electron chi connectivity index (χ2n) is 23.8. The Morgan fingerprint density at radius 3 is 1.44 bits per heavy atom. The molecule has 0 fully saturated rings. The van der Waals surface area contributed by atoms with E-state index in [9.17, 15) is 66.1 Å². The van der Waals surface area contributed by atoms with E-state index in [1.54, 1.807) is 78.9 Å². The number of esters is 1. The number of rotatable bonds is 5. The number of phenolic OH excluding ortho intramolecular Hbond substituents is 16. The second kappa shape index (κ2) is 36.0. The van der Waals surface area contributed by atoms with Crippen molar-refractivity contribution in [3.63, 3.8) is 0 Å². The summed E-state index contributed by atoms with van der Waals surface area (Å²) in [6.45, 7) is 13.4. The zero-order valence-corrected chi connectivity index (χ0v) is 58.2. The molecular formula is C85H82O19. The standard InChI is InChI=1S/C14H12O5.C12H12O2.4C11H10O2.C8H10O2.C7H8O2/c1-18-12-8-9(7-11(15)13(12)16)14(17)19-10-5-3-2-4-6-10;1-2-8-7-9-5-3-4-6-10(9)12(14)11(8)13;1-7-2-3-8-5-9(12)6-11(13)10(8)4-7;1-7-2-3-8-4-5-10(12)11(13)9(8)6-7;1-7-8-4-2-3-5-9(8)11(13)6-10(7)12;1-7-6-10(12)11(13)9-5-3-2-4-8(7)9;1-2-6-3-4-7(9)5-8(6)10;1-5-2-3-6(8)7(9)4-5/h2-8,15-16H,1H3;3-7,13-14H,2H2,1H3;4*2-6,12-13H,1H3;3-5,9-10H,2H2,1H3;2-4,8-9H,1H3. The molecule has 16 N–H and O–H groups in total. The van der Waals surface area contributed by atoms with Crippen molar-refractivity contribution >= 4 is 59.8 Å². The summed E-state index contributed by atoms with van der Waals surface area (Å²) in [7, 11) is 1.32. The van der Waals surface area contributed by atoms with Crippen molar-refractivity contribution in [1.82, 2.24) is 0 Å². The highest BCUT2D eigenvalue weighted by Gasteiger charge is 2.17. The number of fused-ring (bicyclic) bond motifs is 5. The third-order valence-electron chi connectivity index (χ3n) is 16.2. The molecule has 0 aliphatic rings. The van der Waals surface area contributed by atoms with Crippen molar-refractivity contribution in [3.8, 4) is 103 Å². The van der Waals surface area contributed by atoms with Gasteiger partial charge in [-0.3, -0.25) is 0 Å². The lowest BCUT2D eigenvalue weighted by Gasteiger charge is -2.08. The number of hydrogen-bond acceptors (Lipinski definition) is 19. The fourth-order valence-corrected chi connectivity index (χ4v) is 10.5. The Morgan fingerprint density at radius 2 is 0.817 bits per heavy atom. The van der Waals surface area contributed by atoms with Gasteiger partial charge in [-0.05, 0) is 181 Å². The van der Waals surface area contributed by atoms with Gasteiger partial charge in [-0.2, -0.15) is 0 Å². The predicted molar refractivity (Wildman–Crippen MR) is 406 cm³/mol. The molecule has 0 spiro atoms. The van der Waals surface area contributed by atoms with Crippen LogP contribution in [0.5, 0.6) is 103 Å². The van der Waals surface area contributed by atoms with E-state index in [0.29, 0.717) is 28.3 Å². The van der Waals surface area contributed by atoms with Crippen LogP contribution < -0.4 is 9.47 Å². The highest BCUT2D eigenvalue weighted by Crippen LogP contribution is 2.41. The smallest absolute Gasteiger partial charge is 0.343 e. The Labute approximate surface area is 599 Å². The molecule has 19 nitrogen and oxygen atoms in total. The van der Waals surface area contributed by atoms with E-state index in [2.05, 4.69) is 0 Å². The van der Waals surface area contributed by atoms with Gasteiger partial charge in [0.15, 0.2) is 57.5 Å². The molecule has 0 amide bonds. The summed E-state index contributed by atoms with van der Waals surface area (Å²) < 4.78 is 9.96. The van der Waals surface area contributed by atoms with Gasteiger partial charge in [0.1, 0.15) is 40.2 Å². The molecule has 0 atom stereocenters. The third kappa shape index (κ3) is 20.3. The molecule has 0 radical (unpaired) electrons. The Morgan fingerprint density at radius 1 is 0.308 bits per heavy atom. The van der Waals surface area contributed by atoms with Gasteiger partial charge >= 0.3 is 5.97 Å². The monoisotopic (exact) mass is 1410 g/mol. The first-order valence-corrected chi connectivity index (χ1v) is 32.5. The Hall–Kier alpha value is -13.6. The van der Waals surface area contributed by atoms with Crippen LogP contribution in [0.25, 0.3) is 53.9 Å². The number of carbonyl (C=O) groups excluding carboxylic acids is 1. The maximum Gasteiger partial charge on any atom is 0.343 e. The van der Waals surface area contributed by atoms with E-state index in [1.165, 1.54) is 49.6 Å². The van der Waals surface area contributed by atoms with Gasteiger partial charge < -0.3 is 91.2 Å². The molecule has 536 valence electrons. The third-order valence-corrected chi connectivity index (χ3v) is 16.2. The first kappa shape index (κ1) is 77.8. The molecule has 0 bridgehead atoms. The maximum atomic E-state index is 11.9. The van der Waals surface area contributed by atoms with Crippen molar-refractivity contribution in [1.29, 1.82) is 0 Å². The Balaban J connectivity index is 0.000000168. The molecular weight excluding hydrogens is 1320 g/mol. The summed E-state index contributed by atoms with van der Waals surface area (Å²) in [5, 5.41) is 158. The molecule has 0 saturated heterocycles. The lowest BCUT2D eigenvalue weighted by atomic mass is 10.0. The van der Waals surface area contributed by atoms with E-state index < -0.39 is 17.5 Å². The largest absolute Gasteiger partial charge is 0.508 e. The summed E-state index contributed by atoms with van der Waals surface area (Å²) in [5.74, 6) is -0.727. The van der Waals surface area contributed by atoms with Crippen molar-refractivity contribution in [2.75, 3.05) is 7.11 Å². The molecule has 104 heavy (non-hydrogen) atoms. The summed E-state index contributed by atoms with van der Waals surface area (Å²) in [6.07, 6.45) is 1.50. The topological polar surface area (TPSA) is 359 Å². The van der Waals surface area contributed by atoms with Gasteiger partial charge in [0.2, 0.25) is 5.75 Å². The van der Waals surface area contributed by atoms with Crippen LogP contribution in [-0.4, -0.2) is 94.8 Å². The zero-order chi connectivity index (χ0) is 76.1. The van der Waals surface area contributed by atoms with Crippen LogP contribution in [0.15, 0.2) is 231 Å². The van der Waals surface area contributed by atoms with E-state index in [-0.39, 0.29) is 91.8 Å². The van der Waals surface area contributed by atoms with E-state index in [0.717, 1.165) is 89.1 Å². The average molecular weight is 1410 g/mol. The molecule has 0 unspecified atom stereocenters. The molecule has 14 aromatic rings. The lowest BCUT2D eigenvalue weighted by Crippen LogP contribution is -2.08. The molecule has 14 aromatic carbocycles. The van der Waals surface area contributed by atoms with Crippen LogP contribution in [0.2, 0.25) is 0 Å². The van der Waals surface area contributed by atoms with Crippen LogP contribution >= 0.6 is 0 Å². The molecule has 0 aliphatic carbocycles. The fraction of sp³-hybridized carbons (Fsp3) is 0.118. The number of phenols is 16. The molecule has 14 rings (SSSR count). The summed E-state index contributed by atoms with van der Waals surface area (Å²) >= 11 is 0. The van der Waals surface area contributed by atoms with Gasteiger partial charge in [-0.25, -0.2) is 4.79 Å². The SMILES string of the molecule is CCc1cc2ccccc2c(O)c1O.CCc1ccc(O)cc1O.COc1cc(C(=O)Oc2ccccc2)cc(O)c1O.Cc1c(O)cc(O)c2ccccc12.Cc1cc(O)c(O)c2ccccc12.Cc1ccc(O)c(O)c1.Cc1ccc2cc(O)cc(O)c2c1.Cc1ccc2ccc(O)c(O)c2c1. The number of ether oxygens (including phenoxy) is 2. The number of benzene rings is 14. The van der Waals surface area contributed by atoms with Crippen LogP contribution in [0.3, 0.4) is 0 Å².